The molecule has 0 bridgehead atoms. The molecule has 1 aromatic carbocycles. The molecule has 0 atom stereocenters. The maximum Gasteiger partial charge on any atom is 0.273 e. The third-order valence-corrected chi connectivity index (χ3v) is 5.60. The van der Waals surface area contributed by atoms with Crippen LogP contribution in [0.4, 0.5) is 5.69 Å². The van der Waals surface area contributed by atoms with Gasteiger partial charge in [0.1, 0.15) is 0 Å². The molecule has 0 radical (unpaired) electrons. The fourth-order valence-corrected chi connectivity index (χ4v) is 3.93. The molecule has 0 spiro atoms. The van der Waals surface area contributed by atoms with E-state index in [-0.39, 0.29) is 11.5 Å². The van der Waals surface area contributed by atoms with Crippen LogP contribution in [0.2, 0.25) is 0 Å². The minimum atomic E-state index is -0.207. The Morgan fingerprint density at radius 1 is 1.03 bits per heavy atom. The van der Waals surface area contributed by atoms with Crippen LogP contribution in [0, 0.1) is 0 Å². The van der Waals surface area contributed by atoms with E-state index in [0.717, 1.165) is 42.8 Å². The minimum Gasteiger partial charge on any atom is -0.338 e. The van der Waals surface area contributed by atoms with Gasteiger partial charge in [-0.2, -0.15) is 4.98 Å². The van der Waals surface area contributed by atoms with Crippen molar-refractivity contribution in [1.82, 2.24) is 9.97 Å². The number of anilines is 1. The average molecular weight is 416 g/mol. The van der Waals surface area contributed by atoms with E-state index in [9.17, 15) is 9.59 Å². The summed E-state index contributed by atoms with van der Waals surface area (Å²) in [4.78, 5) is 31.0. The van der Waals surface area contributed by atoms with Crippen molar-refractivity contribution in [2.75, 3.05) is 11.1 Å². The lowest BCUT2D eigenvalue weighted by molar-refractivity contribution is -0.116. The van der Waals surface area contributed by atoms with E-state index in [1.54, 1.807) is 6.07 Å². The maximum atomic E-state index is 12.2. The summed E-state index contributed by atoms with van der Waals surface area (Å²) in [7, 11) is 0. The standard InChI is InChI=1S/C23H33N3O2S/c1-3-5-6-7-10-18-12-14-19(15-13-18)24-21(27)11-8-16-29-23-25-20(9-4-2)17-22(28)26-23/h12-15,17H,3-11,16H2,1-2H3,(H,24,27)(H,25,26,28). The van der Waals surface area contributed by atoms with Crippen molar-refractivity contribution in [1.29, 1.82) is 0 Å². The monoisotopic (exact) mass is 415 g/mol. The van der Waals surface area contributed by atoms with Gasteiger partial charge in [0.15, 0.2) is 5.16 Å². The number of hydrogen-bond donors (Lipinski definition) is 2. The van der Waals surface area contributed by atoms with E-state index in [1.165, 1.54) is 43.0 Å². The predicted octanol–water partition coefficient (Wildman–Crippen LogP) is 5.36. The Bertz CT molecular complexity index is 803. The second-order valence-electron chi connectivity index (χ2n) is 7.31. The first-order valence-corrected chi connectivity index (χ1v) is 11.7. The highest BCUT2D eigenvalue weighted by Crippen LogP contribution is 2.16. The van der Waals surface area contributed by atoms with Crippen molar-refractivity contribution >= 4 is 23.4 Å². The van der Waals surface area contributed by atoms with Crippen LogP contribution in [0.25, 0.3) is 0 Å². The first kappa shape index (κ1) is 23.2. The zero-order valence-corrected chi connectivity index (χ0v) is 18.4. The number of aromatic nitrogens is 2. The molecule has 29 heavy (non-hydrogen) atoms. The molecule has 0 aliphatic heterocycles. The lowest BCUT2D eigenvalue weighted by Gasteiger charge is -2.07. The van der Waals surface area contributed by atoms with E-state index in [4.69, 9.17) is 0 Å². The van der Waals surface area contributed by atoms with E-state index >= 15 is 0 Å². The second kappa shape index (κ2) is 13.2. The predicted molar refractivity (Wildman–Crippen MR) is 122 cm³/mol. The molecule has 2 aromatic rings. The van der Waals surface area contributed by atoms with Gasteiger partial charge >= 0.3 is 0 Å². The Morgan fingerprint density at radius 2 is 1.83 bits per heavy atom. The molecule has 0 unspecified atom stereocenters. The fourth-order valence-electron chi connectivity index (χ4n) is 3.09. The summed E-state index contributed by atoms with van der Waals surface area (Å²) in [6, 6.07) is 9.72. The van der Waals surface area contributed by atoms with Crippen molar-refractivity contribution in [2.24, 2.45) is 0 Å². The molecule has 1 amide bonds. The highest BCUT2D eigenvalue weighted by atomic mass is 32.2. The number of benzene rings is 1. The zero-order valence-electron chi connectivity index (χ0n) is 17.6. The van der Waals surface area contributed by atoms with E-state index in [1.807, 2.05) is 12.1 Å². The first-order valence-electron chi connectivity index (χ1n) is 10.7. The third-order valence-electron chi connectivity index (χ3n) is 4.64. The van der Waals surface area contributed by atoms with Gasteiger partial charge in [-0.05, 0) is 43.4 Å². The van der Waals surface area contributed by atoms with Crippen molar-refractivity contribution in [3.63, 3.8) is 0 Å². The topological polar surface area (TPSA) is 74.8 Å². The molecule has 2 N–H and O–H groups in total. The normalized spacial score (nSPS) is 10.8. The number of H-pyrrole nitrogens is 1. The lowest BCUT2D eigenvalue weighted by atomic mass is 10.1. The van der Waals surface area contributed by atoms with Crippen LogP contribution in [0.15, 0.2) is 40.3 Å². The molecule has 2 rings (SSSR count). The van der Waals surface area contributed by atoms with Crippen LogP contribution in [0.5, 0.6) is 0 Å². The second-order valence-corrected chi connectivity index (χ2v) is 8.39. The molecule has 0 saturated heterocycles. The highest BCUT2D eigenvalue weighted by molar-refractivity contribution is 7.99. The Kier molecular flexibility index (Phi) is 10.6. The molecule has 5 nitrogen and oxygen atoms in total. The number of nitrogens with zero attached hydrogens (tertiary/aromatic N) is 1. The summed E-state index contributed by atoms with van der Waals surface area (Å²) in [6.45, 7) is 4.30. The van der Waals surface area contributed by atoms with Crippen LogP contribution in [0.1, 0.15) is 70.1 Å². The number of carbonyl (C=O) groups excluding carboxylic acids is 1. The molecular formula is C23H33N3O2S. The maximum absolute atomic E-state index is 12.2. The summed E-state index contributed by atoms with van der Waals surface area (Å²) in [6.07, 6.45) is 9.14. The van der Waals surface area contributed by atoms with Gasteiger partial charge in [0.2, 0.25) is 5.91 Å². The number of carbonyl (C=O) groups is 1. The Hall–Kier alpha value is -2.08. The Balaban J connectivity index is 1.68. The summed E-state index contributed by atoms with van der Waals surface area (Å²) in [5, 5.41) is 3.59. The van der Waals surface area contributed by atoms with Gasteiger partial charge in [-0.1, -0.05) is 63.4 Å². The first-order chi connectivity index (χ1) is 14.1. The molecule has 1 heterocycles. The highest BCUT2D eigenvalue weighted by Gasteiger charge is 2.05. The summed E-state index contributed by atoms with van der Waals surface area (Å²) in [5.41, 5.74) is 2.88. The van der Waals surface area contributed by atoms with Crippen LogP contribution in [0.3, 0.4) is 0 Å². The van der Waals surface area contributed by atoms with Gasteiger partial charge in [0.05, 0.1) is 0 Å². The SMILES string of the molecule is CCCCCCc1ccc(NC(=O)CCCSc2nc(=O)cc(CCC)[nH]2)cc1. The van der Waals surface area contributed by atoms with Gasteiger partial charge in [-0.3, -0.25) is 9.59 Å². The van der Waals surface area contributed by atoms with Gasteiger partial charge in [0.25, 0.3) is 5.56 Å². The van der Waals surface area contributed by atoms with Gasteiger partial charge in [0, 0.05) is 29.6 Å². The third kappa shape index (κ3) is 9.31. The molecule has 0 aliphatic rings. The number of thioether (sulfide) groups is 1. The summed E-state index contributed by atoms with van der Waals surface area (Å²) >= 11 is 1.49. The number of rotatable bonds is 13. The van der Waals surface area contributed by atoms with Crippen LogP contribution in [-0.2, 0) is 17.6 Å². The number of amides is 1. The average Bonchev–Trinajstić information content (AvgIpc) is 2.70. The van der Waals surface area contributed by atoms with E-state index in [0.29, 0.717) is 11.6 Å². The molecular weight excluding hydrogens is 382 g/mol. The number of hydrogen-bond acceptors (Lipinski definition) is 4. The fraction of sp³-hybridized carbons (Fsp3) is 0.522. The molecule has 0 saturated carbocycles. The summed E-state index contributed by atoms with van der Waals surface area (Å²) in [5.74, 6) is 0.755. The molecule has 158 valence electrons. The smallest absolute Gasteiger partial charge is 0.273 e. The van der Waals surface area contributed by atoms with Gasteiger partial charge in [-0.15, -0.1) is 0 Å². The Morgan fingerprint density at radius 3 is 2.55 bits per heavy atom. The molecule has 6 heteroatoms. The molecule has 0 fully saturated rings. The van der Waals surface area contributed by atoms with E-state index in [2.05, 4.69) is 41.3 Å². The van der Waals surface area contributed by atoms with Crippen molar-refractivity contribution in [3.05, 3.63) is 51.9 Å². The van der Waals surface area contributed by atoms with Gasteiger partial charge < -0.3 is 10.3 Å². The summed E-state index contributed by atoms with van der Waals surface area (Å²) < 4.78 is 0. The van der Waals surface area contributed by atoms with Crippen molar-refractivity contribution < 1.29 is 4.79 Å². The largest absolute Gasteiger partial charge is 0.338 e. The van der Waals surface area contributed by atoms with Crippen LogP contribution < -0.4 is 10.9 Å². The van der Waals surface area contributed by atoms with E-state index < -0.39 is 0 Å². The number of aromatic amines is 1. The van der Waals surface area contributed by atoms with Crippen molar-refractivity contribution in [2.45, 2.75) is 76.8 Å². The molecule has 1 aromatic heterocycles. The van der Waals surface area contributed by atoms with Crippen LogP contribution in [-0.4, -0.2) is 21.6 Å². The lowest BCUT2D eigenvalue weighted by Crippen LogP contribution is -2.12. The van der Waals surface area contributed by atoms with Crippen LogP contribution >= 0.6 is 11.8 Å². The van der Waals surface area contributed by atoms with Crippen molar-refractivity contribution in [3.8, 4) is 0 Å². The Labute approximate surface area is 178 Å². The number of aryl methyl sites for hydroxylation is 2. The zero-order chi connectivity index (χ0) is 20.9. The quantitative estimate of drug-likeness (QED) is 0.262. The molecule has 0 aliphatic carbocycles. The minimum absolute atomic E-state index is 0.0162. The van der Waals surface area contributed by atoms with Gasteiger partial charge in [-0.25, -0.2) is 0 Å². The number of nitrogens with one attached hydrogen (secondary N) is 2. The number of unbranched alkanes of at least 4 members (excludes halogenated alkanes) is 3.